The van der Waals surface area contributed by atoms with Crippen LogP contribution in [0.5, 0.6) is 0 Å². The van der Waals surface area contributed by atoms with Crippen LogP contribution in [-0.2, 0) is 17.3 Å². The Hall–Kier alpha value is -2.08. The van der Waals surface area contributed by atoms with Crippen LogP contribution in [0.2, 0.25) is 0 Å². The molecule has 1 saturated carbocycles. The van der Waals surface area contributed by atoms with Crippen LogP contribution in [0, 0.1) is 0 Å². The van der Waals surface area contributed by atoms with E-state index in [0.717, 1.165) is 16.7 Å². The molecule has 0 spiro atoms. The summed E-state index contributed by atoms with van der Waals surface area (Å²) in [5.74, 6) is 2.09. The number of carbonyl (C=O) groups excluding carboxylic acids is 1. The SMILES string of the molecule is CN1/C(=C/C(=O)CSc2nnc(C3CC3)n2C)C(C)(C)c2ccccc21. The zero-order chi connectivity index (χ0) is 18.5. The second-order valence-electron chi connectivity index (χ2n) is 7.66. The molecule has 136 valence electrons. The van der Waals surface area contributed by atoms with Gasteiger partial charge in [-0.15, -0.1) is 10.2 Å². The molecule has 0 radical (unpaired) electrons. The molecular formula is C20H24N4OS. The van der Waals surface area contributed by atoms with Crippen molar-refractivity contribution in [2.24, 2.45) is 7.05 Å². The van der Waals surface area contributed by atoms with Crippen molar-refractivity contribution in [3.05, 3.63) is 47.4 Å². The number of fused-ring (bicyclic) bond motifs is 1. The van der Waals surface area contributed by atoms with Crippen LogP contribution >= 0.6 is 11.8 Å². The van der Waals surface area contributed by atoms with Crippen molar-refractivity contribution in [2.45, 2.75) is 43.2 Å². The molecule has 6 heteroatoms. The molecule has 0 amide bonds. The number of likely N-dealkylation sites (N-methyl/N-ethyl adjacent to an activating group) is 1. The minimum Gasteiger partial charge on any atom is -0.347 e. The molecule has 4 rings (SSSR count). The summed E-state index contributed by atoms with van der Waals surface area (Å²) in [5.41, 5.74) is 3.30. The molecule has 0 N–H and O–H groups in total. The molecule has 1 aliphatic heterocycles. The Morgan fingerprint density at radius 1 is 1.27 bits per heavy atom. The van der Waals surface area contributed by atoms with E-state index in [2.05, 4.69) is 47.1 Å². The fourth-order valence-corrected chi connectivity index (χ4v) is 4.48. The Morgan fingerprint density at radius 3 is 2.69 bits per heavy atom. The lowest BCUT2D eigenvalue weighted by atomic mass is 9.83. The van der Waals surface area contributed by atoms with Gasteiger partial charge in [0.25, 0.3) is 0 Å². The molecule has 5 nitrogen and oxygen atoms in total. The highest BCUT2D eigenvalue weighted by Crippen LogP contribution is 2.46. The molecule has 0 saturated heterocycles. The van der Waals surface area contributed by atoms with Gasteiger partial charge in [-0.05, 0) is 24.5 Å². The Balaban J connectivity index is 1.49. The predicted octanol–water partition coefficient (Wildman–Crippen LogP) is 3.67. The molecule has 26 heavy (non-hydrogen) atoms. The maximum Gasteiger partial charge on any atom is 0.191 e. The summed E-state index contributed by atoms with van der Waals surface area (Å²) in [4.78, 5) is 14.8. The van der Waals surface area contributed by atoms with Crippen LogP contribution in [0.1, 0.15) is 44.0 Å². The number of carbonyl (C=O) groups is 1. The summed E-state index contributed by atoms with van der Waals surface area (Å²) in [6.07, 6.45) is 4.19. The van der Waals surface area contributed by atoms with Gasteiger partial charge >= 0.3 is 0 Å². The van der Waals surface area contributed by atoms with Gasteiger partial charge in [-0.1, -0.05) is 43.8 Å². The number of aromatic nitrogens is 3. The highest BCUT2D eigenvalue weighted by molar-refractivity contribution is 7.99. The third-order valence-corrected chi connectivity index (χ3v) is 6.44. The first kappa shape index (κ1) is 17.3. The quantitative estimate of drug-likeness (QED) is 0.595. The van der Waals surface area contributed by atoms with Crippen LogP contribution in [0.3, 0.4) is 0 Å². The number of para-hydroxylation sites is 1. The highest BCUT2D eigenvalue weighted by atomic mass is 32.2. The van der Waals surface area contributed by atoms with E-state index in [1.165, 1.54) is 35.9 Å². The van der Waals surface area contributed by atoms with E-state index < -0.39 is 0 Å². The number of rotatable bonds is 5. The van der Waals surface area contributed by atoms with Crippen LogP contribution < -0.4 is 4.90 Å². The molecular weight excluding hydrogens is 344 g/mol. The number of hydrogen-bond donors (Lipinski definition) is 0. The number of ketones is 1. The fourth-order valence-electron chi connectivity index (χ4n) is 3.74. The standard InChI is InChI=1S/C20H24N4OS/c1-20(2)15-7-5-6-8-16(15)23(3)17(20)11-14(25)12-26-19-22-21-18(24(19)4)13-9-10-13/h5-8,11,13H,9-10,12H2,1-4H3/b17-11+. The van der Waals surface area contributed by atoms with Gasteiger partial charge in [0.2, 0.25) is 0 Å². The van der Waals surface area contributed by atoms with Gasteiger partial charge in [0.1, 0.15) is 5.82 Å². The Morgan fingerprint density at radius 2 is 2.00 bits per heavy atom. The van der Waals surface area contributed by atoms with E-state index in [1.807, 2.05) is 24.7 Å². The summed E-state index contributed by atoms with van der Waals surface area (Å²) >= 11 is 1.47. The van der Waals surface area contributed by atoms with E-state index in [9.17, 15) is 4.79 Å². The monoisotopic (exact) mass is 368 g/mol. The molecule has 2 aliphatic rings. The lowest BCUT2D eigenvalue weighted by molar-refractivity contribution is -0.112. The van der Waals surface area contributed by atoms with Gasteiger partial charge in [-0.25, -0.2) is 0 Å². The molecule has 2 aromatic rings. The number of hydrogen-bond acceptors (Lipinski definition) is 5. The van der Waals surface area contributed by atoms with Gasteiger partial charge in [-0.3, -0.25) is 4.79 Å². The topological polar surface area (TPSA) is 51.0 Å². The van der Waals surface area contributed by atoms with E-state index in [1.54, 1.807) is 6.08 Å². The van der Waals surface area contributed by atoms with Crippen molar-refractivity contribution < 1.29 is 4.79 Å². The van der Waals surface area contributed by atoms with E-state index in [4.69, 9.17) is 0 Å². The third kappa shape index (κ3) is 2.86. The van der Waals surface area contributed by atoms with Crippen molar-refractivity contribution in [3.63, 3.8) is 0 Å². The zero-order valence-electron chi connectivity index (χ0n) is 15.7. The summed E-state index contributed by atoms with van der Waals surface area (Å²) in [5, 5.41) is 9.35. The highest BCUT2D eigenvalue weighted by Gasteiger charge is 2.38. The Bertz CT molecular complexity index is 895. The van der Waals surface area contributed by atoms with E-state index >= 15 is 0 Å². The summed E-state index contributed by atoms with van der Waals surface area (Å²) in [7, 11) is 4.02. The van der Waals surface area contributed by atoms with Gasteiger partial charge in [0.15, 0.2) is 10.9 Å². The lowest BCUT2D eigenvalue weighted by Gasteiger charge is -2.23. The van der Waals surface area contributed by atoms with Crippen molar-refractivity contribution in [1.29, 1.82) is 0 Å². The number of allylic oxidation sites excluding steroid dienone is 2. The van der Waals surface area contributed by atoms with E-state index in [-0.39, 0.29) is 11.2 Å². The van der Waals surface area contributed by atoms with Crippen LogP contribution in [-0.4, -0.2) is 33.3 Å². The van der Waals surface area contributed by atoms with Crippen LogP contribution in [0.4, 0.5) is 5.69 Å². The largest absolute Gasteiger partial charge is 0.347 e. The van der Waals surface area contributed by atoms with Gasteiger partial charge < -0.3 is 9.47 Å². The normalized spacial score (nSPS) is 19.8. The minimum atomic E-state index is -0.171. The van der Waals surface area contributed by atoms with Crippen molar-refractivity contribution in [1.82, 2.24) is 14.8 Å². The predicted molar refractivity (Wildman–Crippen MR) is 105 cm³/mol. The van der Waals surface area contributed by atoms with Crippen molar-refractivity contribution >= 4 is 23.2 Å². The maximum absolute atomic E-state index is 12.6. The summed E-state index contributed by atoms with van der Waals surface area (Å²) < 4.78 is 2.03. The van der Waals surface area contributed by atoms with E-state index in [0.29, 0.717) is 11.7 Å². The van der Waals surface area contributed by atoms with Crippen molar-refractivity contribution in [2.75, 3.05) is 17.7 Å². The minimum absolute atomic E-state index is 0.105. The molecule has 1 aliphatic carbocycles. The number of benzene rings is 1. The Labute approximate surface area is 158 Å². The maximum atomic E-state index is 12.6. The lowest BCUT2D eigenvalue weighted by Crippen LogP contribution is -2.24. The number of nitrogens with zero attached hydrogens (tertiary/aromatic N) is 4. The first-order chi connectivity index (χ1) is 12.4. The van der Waals surface area contributed by atoms with Gasteiger partial charge in [0, 0.05) is 42.9 Å². The second kappa shape index (κ2) is 6.27. The van der Waals surface area contributed by atoms with Crippen LogP contribution in [0.15, 0.2) is 41.2 Å². The average molecular weight is 369 g/mol. The molecule has 2 heterocycles. The molecule has 1 fully saturated rings. The van der Waals surface area contributed by atoms with Gasteiger partial charge in [-0.2, -0.15) is 0 Å². The average Bonchev–Trinajstić information content (AvgIpc) is 3.37. The van der Waals surface area contributed by atoms with Gasteiger partial charge in [0.05, 0.1) is 5.75 Å². The first-order valence-corrected chi connectivity index (χ1v) is 9.98. The zero-order valence-corrected chi connectivity index (χ0v) is 16.5. The third-order valence-electron chi connectivity index (χ3n) is 5.39. The van der Waals surface area contributed by atoms with Crippen molar-refractivity contribution in [3.8, 4) is 0 Å². The fraction of sp³-hybridized carbons (Fsp3) is 0.450. The number of anilines is 1. The smallest absolute Gasteiger partial charge is 0.191 e. The molecule has 1 aromatic carbocycles. The second-order valence-corrected chi connectivity index (χ2v) is 8.60. The molecule has 0 atom stereocenters. The summed E-state index contributed by atoms with van der Waals surface area (Å²) in [6, 6.07) is 8.35. The molecule has 1 aromatic heterocycles. The molecule has 0 bridgehead atoms. The number of thioether (sulfide) groups is 1. The van der Waals surface area contributed by atoms with Crippen LogP contribution in [0.25, 0.3) is 0 Å². The Kier molecular flexibility index (Phi) is 4.18. The summed E-state index contributed by atoms with van der Waals surface area (Å²) in [6.45, 7) is 4.35. The first-order valence-electron chi connectivity index (χ1n) is 9.00. The molecule has 0 unspecified atom stereocenters.